The average molecular weight is 1110 g/mol. The zero-order valence-corrected chi connectivity index (χ0v) is 48.9. The van der Waals surface area contributed by atoms with Crippen LogP contribution in [0.5, 0.6) is 0 Å². The van der Waals surface area contributed by atoms with Crippen molar-refractivity contribution in [2.45, 2.75) is 117 Å². The van der Waals surface area contributed by atoms with Gasteiger partial charge in [0.05, 0.1) is 25.6 Å². The molecule has 8 heteroatoms. The fraction of sp³-hybridized carbons (Fsp3) is 0.328. The van der Waals surface area contributed by atoms with Gasteiger partial charge in [0.1, 0.15) is 0 Å². The number of nitrogen functional groups attached to an aromatic ring is 1. The molecule has 360 valence electrons. The van der Waals surface area contributed by atoms with Crippen LogP contribution in [0.1, 0.15) is 106 Å². The first kappa shape index (κ1) is 53.3. The third kappa shape index (κ3) is 10.5. The van der Waals surface area contributed by atoms with E-state index in [1.165, 1.54) is 144 Å². The predicted molar refractivity (Wildman–Crippen MR) is 313 cm³/mol. The second-order valence-corrected chi connectivity index (χ2v) is 22.6. The molecule has 0 bridgehead atoms. The van der Waals surface area contributed by atoms with Gasteiger partial charge in [-0.25, -0.2) is 0 Å². The summed E-state index contributed by atoms with van der Waals surface area (Å²) in [5, 5.41) is 3.93. The summed E-state index contributed by atoms with van der Waals surface area (Å²) >= 11 is 10.1. The number of hydrogen-bond donors (Lipinski definition) is 1. The molecule has 5 nitrogen and oxygen atoms in total. The molecular formula is C61H70Br3N5. The Morgan fingerprint density at radius 1 is 0.565 bits per heavy atom. The first-order valence-corrected chi connectivity index (χ1v) is 26.1. The normalized spacial score (nSPS) is 11.6. The van der Waals surface area contributed by atoms with Crippen molar-refractivity contribution < 1.29 is 0 Å². The zero-order valence-electron chi connectivity index (χ0n) is 44.2. The van der Waals surface area contributed by atoms with Crippen LogP contribution in [-0.4, -0.2) is 19.4 Å². The van der Waals surface area contributed by atoms with Crippen molar-refractivity contribution in [1.82, 2.24) is 13.7 Å². The second kappa shape index (κ2) is 21.5. The topological polar surface area (TPSA) is 53.2 Å². The third-order valence-electron chi connectivity index (χ3n) is 15.2. The summed E-state index contributed by atoms with van der Waals surface area (Å²) in [6, 6.07) is 13.2. The molecule has 1 aliphatic rings. The van der Waals surface area contributed by atoms with E-state index < -0.39 is 0 Å². The molecule has 9 rings (SSSR count). The van der Waals surface area contributed by atoms with Crippen LogP contribution >= 0.6 is 47.8 Å². The van der Waals surface area contributed by atoms with Gasteiger partial charge >= 0.3 is 0 Å². The van der Waals surface area contributed by atoms with Crippen molar-refractivity contribution in [2.75, 3.05) is 5.73 Å². The van der Waals surface area contributed by atoms with E-state index in [0.29, 0.717) is 0 Å². The van der Waals surface area contributed by atoms with Gasteiger partial charge in [-0.05, 0) is 265 Å². The monoisotopic (exact) mass is 1110 g/mol. The van der Waals surface area contributed by atoms with Gasteiger partial charge < -0.3 is 19.4 Å². The lowest BCUT2D eigenvalue weighted by Crippen LogP contribution is -2.07. The van der Waals surface area contributed by atoms with Crippen molar-refractivity contribution in [3.63, 3.8) is 0 Å². The zero-order chi connectivity index (χ0) is 51.1. The van der Waals surface area contributed by atoms with Crippen LogP contribution in [0.2, 0.25) is 0 Å². The minimum absolute atomic E-state index is 0.938. The molecule has 0 fully saturated rings. The van der Waals surface area contributed by atoms with E-state index >= 15 is 0 Å². The third-order valence-corrected chi connectivity index (χ3v) is 15.9. The Labute approximate surface area is 437 Å². The smallest absolute Gasteiger partial charge is 0.0697 e. The highest BCUT2D eigenvalue weighted by atomic mass is 79.9. The Morgan fingerprint density at radius 3 is 1.67 bits per heavy atom. The van der Waals surface area contributed by atoms with Gasteiger partial charge in [0, 0.05) is 102 Å². The molecule has 0 unspecified atom stereocenters. The van der Waals surface area contributed by atoms with Gasteiger partial charge in [-0.1, -0.05) is 24.1 Å². The lowest BCUT2D eigenvalue weighted by molar-refractivity contribution is 0.961. The molecule has 8 aromatic rings. The highest BCUT2D eigenvalue weighted by Gasteiger charge is 2.22. The number of nitrogens with two attached hydrogens (primary N) is 1. The molecule has 1 aliphatic heterocycles. The van der Waals surface area contributed by atoms with Crippen molar-refractivity contribution in [1.29, 1.82) is 0 Å². The molecule has 0 aliphatic carbocycles. The largest absolute Gasteiger partial charge is 0.398 e. The van der Waals surface area contributed by atoms with Crippen LogP contribution in [0, 0.1) is 115 Å². The lowest BCUT2D eigenvalue weighted by Gasteiger charge is -2.15. The van der Waals surface area contributed by atoms with Crippen LogP contribution in [0.3, 0.4) is 0 Å². The molecule has 5 aromatic carbocycles. The number of anilines is 1. The van der Waals surface area contributed by atoms with Crippen LogP contribution in [0.15, 0.2) is 63.4 Å². The van der Waals surface area contributed by atoms with E-state index in [0.717, 1.165) is 27.5 Å². The van der Waals surface area contributed by atoms with Crippen molar-refractivity contribution in [3.05, 3.63) is 164 Å². The molecule has 69 heavy (non-hydrogen) atoms. The predicted octanol–water partition coefficient (Wildman–Crippen LogP) is 17.1. The Kier molecular flexibility index (Phi) is 16.6. The number of hydrogen-bond acceptors (Lipinski definition) is 2. The molecule has 2 N–H and O–H groups in total. The lowest BCUT2D eigenvalue weighted by atomic mass is 9.90. The van der Waals surface area contributed by atoms with Gasteiger partial charge in [0.2, 0.25) is 0 Å². The highest BCUT2D eigenvalue weighted by Crippen LogP contribution is 2.38. The van der Waals surface area contributed by atoms with Crippen LogP contribution in [0.25, 0.3) is 38.8 Å². The van der Waals surface area contributed by atoms with E-state index in [9.17, 15) is 0 Å². The molecule has 0 amide bonds. The van der Waals surface area contributed by atoms with Gasteiger partial charge in [-0.3, -0.25) is 4.99 Å². The molecule has 0 spiro atoms. The fourth-order valence-electron chi connectivity index (χ4n) is 10.3. The summed E-state index contributed by atoms with van der Waals surface area (Å²) in [5.74, 6) is 3.11. The van der Waals surface area contributed by atoms with Crippen LogP contribution in [-0.2, 0) is 34.0 Å². The summed E-state index contributed by atoms with van der Waals surface area (Å²) in [6.07, 6.45) is 10.4. The number of nitrogens with zero attached hydrogens (tertiary/aromatic N) is 4. The van der Waals surface area contributed by atoms with Gasteiger partial charge in [-0.2, -0.15) is 0 Å². The maximum absolute atomic E-state index is 5.85. The van der Waals surface area contributed by atoms with Gasteiger partial charge in [0.15, 0.2) is 0 Å². The molecule has 4 heterocycles. The number of aliphatic imine (C=N–C) groups is 1. The van der Waals surface area contributed by atoms with E-state index in [1.807, 2.05) is 0 Å². The summed E-state index contributed by atoms with van der Waals surface area (Å²) < 4.78 is 7.56. The van der Waals surface area contributed by atoms with Crippen molar-refractivity contribution in [2.24, 2.45) is 26.1 Å². The first-order chi connectivity index (χ1) is 32.4. The molecule has 0 saturated heterocycles. The maximum Gasteiger partial charge on any atom is 0.0697 e. The van der Waals surface area contributed by atoms with Crippen molar-refractivity contribution in [3.8, 4) is 10.8 Å². The Hall–Kier alpha value is -5.07. The number of aromatic nitrogens is 3. The van der Waals surface area contributed by atoms with E-state index in [-0.39, 0.29) is 0 Å². The quantitative estimate of drug-likeness (QED) is 0.139. The second-order valence-electron chi connectivity index (χ2n) is 19.4. The first-order valence-electron chi connectivity index (χ1n) is 23.7. The Bertz CT molecular complexity index is 3430. The summed E-state index contributed by atoms with van der Waals surface area (Å²) in [4.78, 5) is 7.86. The standard InChI is InChI=1S/C24H28N2.C14H15Br2N.C13H12BrN.C10H15N/c1-13-10-19-11-20(25-23(19)17(5)14(13)2)12-22-16(4)15(3)18(6)24-21(22)8-9-26(24)7;1-8-9(2)12(7-13(15)16)11-5-6-17(4)14(11)10(8)3;1-9-8-10(2)13-12(5-7-15(13)3)11(9)4-6-14;1-6-5-7(2)10(11)9(4)8(6)3/h8-10H,11-12H2,1-7H3;5-7H,1-4H3;5,7-8H,1-3H3;5H,11H2,1-4H3. The highest BCUT2D eigenvalue weighted by molar-refractivity contribution is 9.28. The number of aryl methyl sites for hydroxylation is 10. The van der Waals surface area contributed by atoms with E-state index in [4.69, 9.17) is 10.7 Å². The molecule has 3 aromatic heterocycles. The summed E-state index contributed by atoms with van der Waals surface area (Å²) in [6.45, 7) is 32.6. The van der Waals surface area contributed by atoms with E-state index in [2.05, 4.69) is 258 Å². The van der Waals surface area contributed by atoms with Crippen molar-refractivity contribution >= 4 is 104 Å². The summed E-state index contributed by atoms with van der Waals surface area (Å²) in [7, 11) is 6.31. The van der Waals surface area contributed by atoms with Crippen LogP contribution < -0.4 is 5.73 Å². The molecule has 0 radical (unpaired) electrons. The Morgan fingerprint density at radius 2 is 1.07 bits per heavy atom. The van der Waals surface area contributed by atoms with Gasteiger partial charge in [-0.15, -0.1) is 0 Å². The maximum atomic E-state index is 5.85. The number of rotatable bonds is 3. The van der Waals surface area contributed by atoms with Gasteiger partial charge in [0.25, 0.3) is 0 Å². The Balaban J connectivity index is 0.000000159. The molecular weight excluding hydrogens is 1040 g/mol. The molecule has 0 saturated carbocycles. The average Bonchev–Trinajstić information content (AvgIpc) is 4.10. The SMILES string of the molecule is Cc1c(C)c(C)c2c(ccn2C)c1C=C(Br)Br.Cc1cc(C)c(N)c(C)c1C.Cc1cc(C)c2c(ccn2C)c1C#CBr.Cc1cc2c(c(C)c1C)N=C(Cc1c(C)c(C)c(C)c3c1ccn3C)C2. The van der Waals surface area contributed by atoms with E-state index in [1.54, 1.807) is 0 Å². The fourth-order valence-corrected chi connectivity index (χ4v) is 11.0. The molecule has 0 atom stereocenters. The summed E-state index contributed by atoms with van der Waals surface area (Å²) in [5.41, 5.74) is 38.5. The van der Waals surface area contributed by atoms with Crippen LogP contribution in [0.4, 0.5) is 11.4 Å². The number of halogens is 3. The minimum atomic E-state index is 0.938. The number of benzene rings is 5. The number of fused-ring (bicyclic) bond motifs is 4. The minimum Gasteiger partial charge on any atom is -0.398 e.